The topological polar surface area (TPSA) is 72.9 Å². The molecule has 2 bridgehead atoms. The van der Waals surface area contributed by atoms with E-state index in [1.807, 2.05) is 12.2 Å². The number of amides is 2. The van der Waals surface area contributed by atoms with Crippen LogP contribution >= 0.6 is 0 Å². The van der Waals surface area contributed by atoms with Gasteiger partial charge in [-0.2, -0.15) is 13.8 Å². The summed E-state index contributed by atoms with van der Waals surface area (Å²) in [6, 6.07) is 0. The van der Waals surface area contributed by atoms with Crippen molar-refractivity contribution in [2.24, 2.45) is 29.6 Å². The predicted octanol–water partition coefficient (Wildman–Crippen LogP) is 2.48. The molecule has 6 nitrogen and oxygen atoms in total. The molecule has 0 N–H and O–H groups in total. The Balaban J connectivity index is 1.30. The molecule has 8 heteroatoms. The predicted molar refractivity (Wildman–Crippen MR) is 88.0 cm³/mol. The highest BCUT2D eigenvalue weighted by atomic mass is 19.3. The lowest BCUT2D eigenvalue weighted by atomic mass is 9.85. The Morgan fingerprint density at radius 1 is 1.07 bits per heavy atom. The van der Waals surface area contributed by atoms with E-state index < -0.39 is 42.1 Å². The third kappa shape index (κ3) is 3.28. The van der Waals surface area contributed by atoms with Crippen LogP contribution in [0.3, 0.4) is 0 Å². The molecule has 0 radical (unpaired) electrons. The summed E-state index contributed by atoms with van der Waals surface area (Å²) < 4.78 is 32.9. The molecule has 4 atom stereocenters. The van der Waals surface area contributed by atoms with E-state index >= 15 is 0 Å². The lowest BCUT2D eigenvalue weighted by Crippen LogP contribution is -2.42. The quantitative estimate of drug-likeness (QED) is 0.400. The zero-order valence-electron chi connectivity index (χ0n) is 14.9. The molecule has 0 spiro atoms. The summed E-state index contributed by atoms with van der Waals surface area (Å²) >= 11 is 0. The Hall–Kier alpha value is -1.83. The second-order valence-corrected chi connectivity index (χ2v) is 8.05. The van der Waals surface area contributed by atoms with E-state index in [1.165, 1.54) is 0 Å². The Morgan fingerprint density at radius 3 is 2.26 bits per heavy atom. The third-order valence-electron chi connectivity index (χ3n) is 6.28. The van der Waals surface area contributed by atoms with Gasteiger partial charge in [-0.1, -0.05) is 31.4 Å². The van der Waals surface area contributed by atoms with Crippen LogP contribution in [0.5, 0.6) is 0 Å². The first kappa shape index (κ1) is 18.5. The minimum Gasteiger partial charge on any atom is -0.461 e. The molecule has 1 saturated heterocycles. The summed E-state index contributed by atoms with van der Waals surface area (Å²) in [5, 5.41) is 0.434. The van der Waals surface area contributed by atoms with Crippen LogP contribution in [0.15, 0.2) is 12.2 Å². The minimum atomic E-state index is -3.91. The highest BCUT2D eigenvalue weighted by Gasteiger charge is 2.60. The second kappa shape index (κ2) is 6.96. The Kier molecular flexibility index (Phi) is 4.78. The van der Waals surface area contributed by atoms with E-state index in [2.05, 4.69) is 0 Å². The summed E-state index contributed by atoms with van der Waals surface area (Å²) in [6.45, 7) is -1.41. The maximum atomic E-state index is 14.1. The smallest absolute Gasteiger partial charge is 0.379 e. The van der Waals surface area contributed by atoms with Gasteiger partial charge in [-0.3, -0.25) is 14.4 Å². The number of hydroxylamine groups is 2. The molecule has 4 unspecified atom stereocenters. The molecular weight excluding hydrogens is 360 g/mol. The molecule has 1 aliphatic heterocycles. The van der Waals surface area contributed by atoms with E-state index in [-0.39, 0.29) is 24.4 Å². The number of fused-ring (bicyclic) bond motifs is 5. The molecule has 3 fully saturated rings. The van der Waals surface area contributed by atoms with Crippen LogP contribution in [0.4, 0.5) is 8.78 Å². The van der Waals surface area contributed by atoms with Crippen molar-refractivity contribution in [3.05, 3.63) is 12.2 Å². The average Bonchev–Trinajstić information content (AvgIpc) is 3.33. The fourth-order valence-corrected chi connectivity index (χ4v) is 4.86. The van der Waals surface area contributed by atoms with Gasteiger partial charge in [0, 0.05) is 0 Å². The van der Waals surface area contributed by atoms with Gasteiger partial charge in [0.05, 0.1) is 18.4 Å². The van der Waals surface area contributed by atoms with Gasteiger partial charge in [0.1, 0.15) is 0 Å². The monoisotopic (exact) mass is 383 g/mol. The molecule has 2 saturated carbocycles. The van der Waals surface area contributed by atoms with E-state index in [9.17, 15) is 23.2 Å². The molecule has 4 aliphatic rings. The van der Waals surface area contributed by atoms with Crippen molar-refractivity contribution in [1.82, 2.24) is 5.06 Å². The van der Waals surface area contributed by atoms with E-state index in [0.717, 1.165) is 38.5 Å². The van der Waals surface area contributed by atoms with E-state index in [1.54, 1.807) is 0 Å². The number of rotatable bonds is 6. The van der Waals surface area contributed by atoms with Crippen LogP contribution in [0.1, 0.15) is 38.5 Å². The van der Waals surface area contributed by atoms with Crippen LogP contribution in [0, 0.1) is 29.6 Å². The van der Waals surface area contributed by atoms with Crippen LogP contribution < -0.4 is 0 Å². The number of carbonyl (C=O) groups is 3. The maximum absolute atomic E-state index is 14.1. The van der Waals surface area contributed by atoms with Gasteiger partial charge in [0.25, 0.3) is 11.8 Å². The number of hydrogen-bond acceptors (Lipinski definition) is 5. The van der Waals surface area contributed by atoms with Gasteiger partial charge in [0.15, 0.2) is 6.61 Å². The summed E-state index contributed by atoms with van der Waals surface area (Å²) in [7, 11) is 0. The Morgan fingerprint density at radius 2 is 1.67 bits per heavy atom. The van der Waals surface area contributed by atoms with Gasteiger partial charge >= 0.3 is 11.9 Å². The number of imide groups is 1. The molecule has 0 aromatic heterocycles. The average molecular weight is 383 g/mol. The molecule has 4 rings (SSSR count). The van der Waals surface area contributed by atoms with Crippen molar-refractivity contribution in [1.29, 1.82) is 0 Å². The van der Waals surface area contributed by atoms with Gasteiger partial charge < -0.3 is 4.74 Å². The number of hydrogen-bond donors (Lipinski definition) is 0. The van der Waals surface area contributed by atoms with Crippen molar-refractivity contribution < 1.29 is 32.7 Å². The summed E-state index contributed by atoms with van der Waals surface area (Å²) in [5.41, 5.74) is 0. The van der Waals surface area contributed by atoms with Crippen LogP contribution in [0.25, 0.3) is 0 Å². The Labute approximate surface area is 155 Å². The van der Waals surface area contributed by atoms with Gasteiger partial charge in [-0.25, -0.2) is 4.79 Å². The first-order valence-corrected chi connectivity index (χ1v) is 9.62. The zero-order chi connectivity index (χ0) is 19.2. The summed E-state index contributed by atoms with van der Waals surface area (Å²) in [6.07, 6.45) is 9.42. The SMILES string of the molecule is O=C1C2C3C=CC(C3)C2C(=O)N1OCC(F)(F)C(=O)OCC1CCCCC1. The minimum absolute atomic E-state index is 0.0326. The van der Waals surface area contributed by atoms with E-state index in [0.29, 0.717) is 5.06 Å². The molecule has 27 heavy (non-hydrogen) atoms. The Bertz CT molecular complexity index is 643. The van der Waals surface area contributed by atoms with Crippen molar-refractivity contribution in [3.8, 4) is 0 Å². The number of ether oxygens (including phenoxy) is 1. The lowest BCUT2D eigenvalue weighted by Gasteiger charge is -2.23. The van der Waals surface area contributed by atoms with Crippen molar-refractivity contribution in [2.75, 3.05) is 13.2 Å². The van der Waals surface area contributed by atoms with Crippen molar-refractivity contribution >= 4 is 17.8 Å². The van der Waals surface area contributed by atoms with E-state index in [4.69, 9.17) is 9.57 Å². The van der Waals surface area contributed by atoms with Crippen LogP contribution in [0.2, 0.25) is 0 Å². The molecule has 0 aromatic rings. The fourth-order valence-electron chi connectivity index (χ4n) is 4.86. The van der Waals surface area contributed by atoms with Crippen LogP contribution in [-0.4, -0.2) is 42.0 Å². The highest BCUT2D eigenvalue weighted by Crippen LogP contribution is 2.52. The third-order valence-corrected chi connectivity index (χ3v) is 6.28. The van der Waals surface area contributed by atoms with Gasteiger partial charge in [-0.05, 0) is 37.0 Å². The van der Waals surface area contributed by atoms with Gasteiger partial charge in [0.2, 0.25) is 0 Å². The summed E-state index contributed by atoms with van der Waals surface area (Å²) in [4.78, 5) is 41.3. The number of carbonyl (C=O) groups excluding carboxylic acids is 3. The number of allylic oxidation sites excluding steroid dienone is 2. The first-order valence-electron chi connectivity index (χ1n) is 9.62. The number of nitrogens with zero attached hydrogens (tertiary/aromatic N) is 1. The van der Waals surface area contributed by atoms with Crippen LogP contribution in [-0.2, 0) is 24.0 Å². The normalized spacial score (nSPS) is 33.0. The number of esters is 1. The van der Waals surface area contributed by atoms with Crippen molar-refractivity contribution in [3.63, 3.8) is 0 Å². The number of alkyl halides is 2. The molecule has 3 aliphatic carbocycles. The standard InChI is InChI=1S/C19H23F2NO5/c20-19(21,18(25)26-9-11-4-2-1-3-5-11)10-27-22-16(23)14-12-6-7-13(8-12)15(14)17(22)24/h6-7,11-15H,1-5,8-10H2. The second-order valence-electron chi connectivity index (χ2n) is 8.05. The van der Waals surface area contributed by atoms with Gasteiger partial charge in [-0.15, -0.1) is 0 Å². The molecule has 0 aromatic carbocycles. The first-order chi connectivity index (χ1) is 12.9. The molecule has 2 amide bonds. The maximum Gasteiger partial charge on any atom is 0.379 e. The lowest BCUT2D eigenvalue weighted by molar-refractivity contribution is -0.220. The number of halogens is 2. The largest absolute Gasteiger partial charge is 0.461 e. The van der Waals surface area contributed by atoms with Crippen molar-refractivity contribution in [2.45, 2.75) is 44.4 Å². The fraction of sp³-hybridized carbons (Fsp3) is 0.737. The molecule has 148 valence electrons. The molecular formula is C19H23F2NO5. The summed E-state index contributed by atoms with van der Waals surface area (Å²) in [5.74, 6) is -7.78. The highest BCUT2D eigenvalue weighted by molar-refractivity contribution is 6.05. The molecule has 1 heterocycles. The zero-order valence-corrected chi connectivity index (χ0v) is 14.9.